The standard InChI is InChI=1S/C18H20N2O2/c1-12(2)11-22-17-8-4-6-15-13(5-3-7-16(15)17)9-14-10-19-20-18(14)21/h3-9,12,19H,10-11H2,1-2H3,(H,20,21)/b14-9+. The Kier molecular flexibility index (Phi) is 4.11. The van der Waals surface area contributed by atoms with Gasteiger partial charge in [0, 0.05) is 17.5 Å². The lowest BCUT2D eigenvalue weighted by atomic mass is 10.0. The predicted octanol–water partition coefficient (Wildman–Crippen LogP) is 2.89. The third-order valence-corrected chi connectivity index (χ3v) is 3.59. The largest absolute Gasteiger partial charge is 0.493 e. The molecule has 3 rings (SSSR count). The van der Waals surface area contributed by atoms with Gasteiger partial charge in [-0.1, -0.05) is 44.2 Å². The topological polar surface area (TPSA) is 50.4 Å². The molecule has 1 heterocycles. The lowest BCUT2D eigenvalue weighted by Gasteiger charge is -2.12. The average Bonchev–Trinajstić information content (AvgIpc) is 2.90. The summed E-state index contributed by atoms with van der Waals surface area (Å²) in [6.45, 7) is 5.49. The molecule has 0 spiro atoms. The van der Waals surface area contributed by atoms with Gasteiger partial charge in [-0.2, -0.15) is 0 Å². The Labute approximate surface area is 130 Å². The Hall–Kier alpha value is -2.33. The van der Waals surface area contributed by atoms with Gasteiger partial charge >= 0.3 is 0 Å². The molecule has 0 unspecified atom stereocenters. The van der Waals surface area contributed by atoms with E-state index in [9.17, 15) is 4.79 Å². The number of fused-ring (bicyclic) bond motifs is 1. The molecule has 1 aliphatic heterocycles. The summed E-state index contributed by atoms with van der Waals surface area (Å²) < 4.78 is 5.91. The molecular formula is C18H20N2O2. The molecule has 0 saturated carbocycles. The molecule has 2 aromatic rings. The van der Waals surface area contributed by atoms with Crippen molar-refractivity contribution >= 4 is 22.8 Å². The van der Waals surface area contributed by atoms with E-state index >= 15 is 0 Å². The van der Waals surface area contributed by atoms with Crippen LogP contribution in [0.25, 0.3) is 16.8 Å². The molecule has 2 N–H and O–H groups in total. The number of hydrogen-bond donors (Lipinski definition) is 2. The van der Waals surface area contributed by atoms with Crippen molar-refractivity contribution in [3.05, 3.63) is 47.5 Å². The first-order chi connectivity index (χ1) is 10.6. The number of rotatable bonds is 4. The average molecular weight is 296 g/mol. The Morgan fingerprint density at radius 3 is 2.68 bits per heavy atom. The third-order valence-electron chi connectivity index (χ3n) is 3.59. The minimum absolute atomic E-state index is 0.0655. The fourth-order valence-corrected chi connectivity index (χ4v) is 2.50. The molecular weight excluding hydrogens is 276 g/mol. The van der Waals surface area contributed by atoms with Gasteiger partial charge in [0.2, 0.25) is 0 Å². The van der Waals surface area contributed by atoms with Gasteiger partial charge in [-0.3, -0.25) is 10.2 Å². The fraction of sp³-hybridized carbons (Fsp3) is 0.278. The molecule has 1 amide bonds. The van der Waals surface area contributed by atoms with Gasteiger partial charge in [-0.25, -0.2) is 5.43 Å². The van der Waals surface area contributed by atoms with E-state index in [2.05, 4.69) is 36.8 Å². The lowest BCUT2D eigenvalue weighted by molar-refractivity contribution is -0.116. The summed E-state index contributed by atoms with van der Waals surface area (Å²) in [5.74, 6) is 1.30. The van der Waals surface area contributed by atoms with E-state index in [-0.39, 0.29) is 5.91 Å². The zero-order valence-electron chi connectivity index (χ0n) is 12.8. The summed E-state index contributed by atoms with van der Waals surface area (Å²) in [5.41, 5.74) is 7.21. The Morgan fingerprint density at radius 2 is 1.95 bits per heavy atom. The smallest absolute Gasteiger partial charge is 0.262 e. The number of benzene rings is 2. The van der Waals surface area contributed by atoms with Crippen LogP contribution < -0.4 is 15.6 Å². The minimum atomic E-state index is -0.0655. The Balaban J connectivity index is 2.02. The van der Waals surface area contributed by atoms with E-state index in [0.717, 1.165) is 27.7 Å². The highest BCUT2D eigenvalue weighted by Crippen LogP contribution is 2.29. The number of hydrazine groups is 1. The van der Waals surface area contributed by atoms with Gasteiger partial charge < -0.3 is 4.74 Å². The second-order valence-electron chi connectivity index (χ2n) is 5.88. The summed E-state index contributed by atoms with van der Waals surface area (Å²) in [6, 6.07) is 12.1. The second kappa shape index (κ2) is 6.20. The highest BCUT2D eigenvalue weighted by molar-refractivity contribution is 6.03. The van der Waals surface area contributed by atoms with Crippen LogP contribution in [0.2, 0.25) is 0 Å². The Bertz CT molecular complexity index is 735. The first-order valence-electron chi connectivity index (χ1n) is 7.53. The molecule has 4 heteroatoms. The third kappa shape index (κ3) is 2.97. The van der Waals surface area contributed by atoms with Crippen LogP contribution in [0.3, 0.4) is 0 Å². The Morgan fingerprint density at radius 1 is 1.18 bits per heavy atom. The fourth-order valence-electron chi connectivity index (χ4n) is 2.50. The first kappa shape index (κ1) is 14.6. The van der Waals surface area contributed by atoms with Crippen LogP contribution in [0.1, 0.15) is 19.4 Å². The molecule has 4 nitrogen and oxygen atoms in total. The number of nitrogens with one attached hydrogen (secondary N) is 2. The second-order valence-corrected chi connectivity index (χ2v) is 5.88. The van der Waals surface area contributed by atoms with Crippen LogP contribution >= 0.6 is 0 Å². The molecule has 2 aromatic carbocycles. The van der Waals surface area contributed by atoms with Crippen molar-refractivity contribution in [3.8, 4) is 5.75 Å². The number of hydrogen-bond acceptors (Lipinski definition) is 3. The summed E-state index contributed by atoms with van der Waals surface area (Å²) in [7, 11) is 0. The summed E-state index contributed by atoms with van der Waals surface area (Å²) in [6.07, 6.45) is 1.93. The molecule has 1 aliphatic rings. The molecule has 1 fully saturated rings. The maximum absolute atomic E-state index is 11.7. The van der Waals surface area contributed by atoms with E-state index in [1.165, 1.54) is 0 Å². The highest BCUT2D eigenvalue weighted by atomic mass is 16.5. The van der Waals surface area contributed by atoms with Crippen LogP contribution in [-0.2, 0) is 4.79 Å². The number of ether oxygens (including phenoxy) is 1. The van der Waals surface area contributed by atoms with Crippen molar-refractivity contribution in [3.63, 3.8) is 0 Å². The molecule has 0 bridgehead atoms. The van der Waals surface area contributed by atoms with Crippen LogP contribution in [0.4, 0.5) is 0 Å². The van der Waals surface area contributed by atoms with Gasteiger partial charge in [-0.05, 0) is 29.0 Å². The minimum Gasteiger partial charge on any atom is -0.493 e. The van der Waals surface area contributed by atoms with Gasteiger partial charge in [0.25, 0.3) is 5.91 Å². The number of carbonyl (C=O) groups is 1. The van der Waals surface area contributed by atoms with Crippen molar-refractivity contribution in [1.82, 2.24) is 10.9 Å². The van der Waals surface area contributed by atoms with E-state index < -0.39 is 0 Å². The van der Waals surface area contributed by atoms with Gasteiger partial charge in [-0.15, -0.1) is 0 Å². The molecule has 1 saturated heterocycles. The quantitative estimate of drug-likeness (QED) is 0.853. The molecule has 22 heavy (non-hydrogen) atoms. The lowest BCUT2D eigenvalue weighted by Crippen LogP contribution is -2.25. The van der Waals surface area contributed by atoms with Gasteiger partial charge in [0.15, 0.2) is 0 Å². The van der Waals surface area contributed by atoms with Crippen LogP contribution in [0.5, 0.6) is 5.75 Å². The van der Waals surface area contributed by atoms with Gasteiger partial charge in [0.05, 0.1) is 6.61 Å². The normalized spacial score (nSPS) is 16.5. The molecule has 0 aliphatic carbocycles. The number of carbonyl (C=O) groups excluding carboxylic acids is 1. The van der Waals surface area contributed by atoms with Crippen molar-refractivity contribution in [2.24, 2.45) is 5.92 Å². The van der Waals surface area contributed by atoms with E-state index in [0.29, 0.717) is 19.1 Å². The van der Waals surface area contributed by atoms with Crippen LogP contribution in [0.15, 0.2) is 42.0 Å². The summed E-state index contributed by atoms with van der Waals surface area (Å²) >= 11 is 0. The number of amides is 1. The zero-order chi connectivity index (χ0) is 15.5. The maximum atomic E-state index is 11.7. The predicted molar refractivity (Wildman–Crippen MR) is 88.4 cm³/mol. The first-order valence-corrected chi connectivity index (χ1v) is 7.53. The van der Waals surface area contributed by atoms with Gasteiger partial charge in [0.1, 0.15) is 5.75 Å². The molecule has 0 aromatic heterocycles. The molecule has 0 atom stereocenters. The highest BCUT2D eigenvalue weighted by Gasteiger charge is 2.16. The van der Waals surface area contributed by atoms with E-state index in [1.54, 1.807) is 0 Å². The van der Waals surface area contributed by atoms with Crippen LogP contribution in [-0.4, -0.2) is 19.1 Å². The zero-order valence-corrected chi connectivity index (χ0v) is 12.8. The van der Waals surface area contributed by atoms with Crippen LogP contribution in [0, 0.1) is 5.92 Å². The molecule has 114 valence electrons. The maximum Gasteiger partial charge on any atom is 0.262 e. The molecule has 0 radical (unpaired) electrons. The van der Waals surface area contributed by atoms with Crippen molar-refractivity contribution < 1.29 is 9.53 Å². The monoisotopic (exact) mass is 296 g/mol. The van der Waals surface area contributed by atoms with E-state index in [1.807, 2.05) is 30.3 Å². The summed E-state index contributed by atoms with van der Waals surface area (Å²) in [4.78, 5) is 11.7. The van der Waals surface area contributed by atoms with Crippen molar-refractivity contribution in [2.45, 2.75) is 13.8 Å². The summed E-state index contributed by atoms with van der Waals surface area (Å²) in [5, 5.41) is 2.17. The SMILES string of the molecule is CC(C)COc1cccc2c(/C=C3\CNNC3=O)cccc12. The van der Waals surface area contributed by atoms with E-state index in [4.69, 9.17) is 4.74 Å². The van der Waals surface area contributed by atoms with Crippen molar-refractivity contribution in [2.75, 3.05) is 13.2 Å². The van der Waals surface area contributed by atoms with Crippen molar-refractivity contribution in [1.29, 1.82) is 0 Å².